The Morgan fingerprint density at radius 3 is 2.03 bits per heavy atom. The van der Waals surface area contributed by atoms with Crippen molar-refractivity contribution in [3.8, 4) is 11.4 Å². The molecule has 1 unspecified atom stereocenters. The molecule has 3 aromatic rings. The Kier molecular flexibility index (Phi) is 14.4. The Morgan fingerprint density at radius 1 is 0.970 bits per heavy atom. The number of nitrogens with zero attached hydrogens (tertiary/aromatic N) is 2. The van der Waals surface area contributed by atoms with Gasteiger partial charge in [0.05, 0.1) is 19.3 Å². The van der Waals surface area contributed by atoms with Crippen LogP contribution < -0.4 is 21.3 Å². The highest BCUT2D eigenvalue weighted by molar-refractivity contribution is 7.15. The van der Waals surface area contributed by atoms with Crippen LogP contribution in [-0.4, -0.2) is 30.0 Å². The van der Waals surface area contributed by atoms with Crippen molar-refractivity contribution in [1.82, 2.24) is 9.13 Å². The van der Waals surface area contributed by atoms with Gasteiger partial charge in [0.15, 0.2) is 0 Å². The number of aryl methyl sites for hydroxylation is 1. The standard InChI is InChI=1S/C20H20FN3O3.2C2H6.CH5P/c1-13-4-9-17(16(21)10-13)24-18(22-2)11-19(25)23(20(24)26)12-14-5-7-15(27-3)8-6-14;3*1-2/h4-11,22H,12H2,1-3H3;2*1-2H3;2H2,1H3. The van der Waals surface area contributed by atoms with Crippen LogP contribution in [0.1, 0.15) is 38.8 Å². The molecule has 0 saturated carbocycles. The summed E-state index contributed by atoms with van der Waals surface area (Å²) in [7, 11) is 5.55. The van der Waals surface area contributed by atoms with E-state index in [-0.39, 0.29) is 18.1 Å². The number of methoxy groups -OCH3 is 1. The van der Waals surface area contributed by atoms with E-state index in [0.717, 1.165) is 15.7 Å². The molecular formula is C25H37FN3O3P. The Morgan fingerprint density at radius 2 is 1.55 bits per heavy atom. The first-order valence-corrected chi connectivity index (χ1v) is 12.1. The van der Waals surface area contributed by atoms with Crippen LogP contribution in [0.25, 0.3) is 5.69 Å². The highest BCUT2D eigenvalue weighted by Gasteiger charge is 2.16. The summed E-state index contributed by atoms with van der Waals surface area (Å²) in [5.41, 5.74) is 0.484. The smallest absolute Gasteiger partial charge is 0.337 e. The fourth-order valence-corrected chi connectivity index (χ4v) is 2.85. The average molecular weight is 478 g/mol. The van der Waals surface area contributed by atoms with Gasteiger partial charge < -0.3 is 10.1 Å². The SMILES string of the molecule is CC.CC.CNc1cc(=O)n(Cc2ccc(OC)cc2)c(=O)n1-c1ccc(C)cc1F.CP. The van der Waals surface area contributed by atoms with Gasteiger partial charge >= 0.3 is 5.69 Å². The van der Waals surface area contributed by atoms with Crippen molar-refractivity contribution in [3.63, 3.8) is 0 Å². The second-order valence-electron chi connectivity index (χ2n) is 6.12. The molecule has 0 aliphatic rings. The molecule has 0 aliphatic carbocycles. The lowest BCUT2D eigenvalue weighted by atomic mass is 10.2. The summed E-state index contributed by atoms with van der Waals surface area (Å²) < 4.78 is 21.8. The number of hydrogen-bond donors (Lipinski definition) is 1. The summed E-state index contributed by atoms with van der Waals surface area (Å²) in [6.07, 6.45) is 0. The van der Waals surface area contributed by atoms with Crippen LogP contribution in [0.15, 0.2) is 58.1 Å². The summed E-state index contributed by atoms with van der Waals surface area (Å²) in [6, 6.07) is 12.9. The van der Waals surface area contributed by atoms with Crippen LogP contribution in [0.4, 0.5) is 10.2 Å². The van der Waals surface area contributed by atoms with Crippen LogP contribution >= 0.6 is 9.24 Å². The zero-order valence-electron chi connectivity index (χ0n) is 20.9. The van der Waals surface area contributed by atoms with E-state index in [9.17, 15) is 14.0 Å². The first-order chi connectivity index (χ1) is 15.9. The largest absolute Gasteiger partial charge is 0.497 e. The molecule has 182 valence electrons. The van der Waals surface area contributed by atoms with Gasteiger partial charge in [-0.3, -0.25) is 9.36 Å². The number of anilines is 1. The maximum atomic E-state index is 14.5. The maximum Gasteiger partial charge on any atom is 0.337 e. The summed E-state index contributed by atoms with van der Waals surface area (Å²) in [4.78, 5) is 25.5. The van der Waals surface area contributed by atoms with Crippen molar-refractivity contribution >= 4 is 15.1 Å². The first-order valence-electron chi connectivity index (χ1n) is 11.0. The van der Waals surface area contributed by atoms with Gasteiger partial charge in [-0.15, -0.1) is 9.24 Å². The lowest BCUT2D eigenvalue weighted by Gasteiger charge is -2.16. The zero-order valence-corrected chi connectivity index (χ0v) is 22.1. The van der Waals surface area contributed by atoms with Crippen LogP contribution in [-0.2, 0) is 6.54 Å². The molecule has 0 aliphatic heterocycles. The predicted molar refractivity (Wildman–Crippen MR) is 141 cm³/mol. The van der Waals surface area contributed by atoms with Gasteiger partial charge in [0.25, 0.3) is 5.56 Å². The predicted octanol–water partition coefficient (Wildman–Crippen LogP) is 5.09. The van der Waals surface area contributed by atoms with Crippen LogP contribution in [0.5, 0.6) is 5.75 Å². The van der Waals surface area contributed by atoms with Gasteiger partial charge in [-0.1, -0.05) is 52.6 Å². The average Bonchev–Trinajstić information content (AvgIpc) is 2.86. The maximum absolute atomic E-state index is 14.5. The molecule has 33 heavy (non-hydrogen) atoms. The number of halogens is 1. The van der Waals surface area contributed by atoms with Gasteiger partial charge in [0, 0.05) is 13.1 Å². The molecule has 6 nitrogen and oxygen atoms in total. The molecule has 0 fully saturated rings. The molecule has 1 aromatic heterocycles. The second kappa shape index (κ2) is 15.8. The van der Waals surface area contributed by atoms with Crippen molar-refractivity contribution in [3.05, 3.63) is 86.3 Å². The van der Waals surface area contributed by atoms with Gasteiger partial charge in [-0.25, -0.2) is 13.8 Å². The van der Waals surface area contributed by atoms with Gasteiger partial charge in [0.1, 0.15) is 17.4 Å². The molecule has 1 N–H and O–H groups in total. The molecule has 1 heterocycles. The highest BCUT2D eigenvalue weighted by atomic mass is 31.0. The van der Waals surface area contributed by atoms with E-state index in [1.54, 1.807) is 51.4 Å². The van der Waals surface area contributed by atoms with E-state index < -0.39 is 17.1 Å². The Hall–Kier alpha value is -2.92. The minimum Gasteiger partial charge on any atom is -0.497 e. The highest BCUT2D eigenvalue weighted by Crippen LogP contribution is 2.17. The van der Waals surface area contributed by atoms with E-state index in [0.29, 0.717) is 5.75 Å². The topological polar surface area (TPSA) is 65.3 Å². The summed E-state index contributed by atoms with van der Waals surface area (Å²) >= 11 is 0. The van der Waals surface area contributed by atoms with Gasteiger partial charge in [-0.2, -0.15) is 0 Å². The molecule has 3 rings (SSSR count). The summed E-state index contributed by atoms with van der Waals surface area (Å²) in [5.74, 6) is 0.359. The van der Waals surface area contributed by atoms with Crippen molar-refractivity contribution in [2.24, 2.45) is 0 Å². The minimum atomic E-state index is -0.620. The molecule has 8 heteroatoms. The Labute approximate surface area is 198 Å². The molecule has 0 amide bonds. The zero-order chi connectivity index (χ0) is 25.6. The number of rotatable bonds is 5. The molecular weight excluding hydrogens is 440 g/mol. The third kappa shape index (κ3) is 7.86. The quantitative estimate of drug-likeness (QED) is 0.520. The summed E-state index contributed by atoms with van der Waals surface area (Å²) in [5, 5.41) is 2.79. The lowest BCUT2D eigenvalue weighted by Crippen LogP contribution is -2.40. The third-order valence-electron chi connectivity index (χ3n) is 4.29. The number of hydrogen-bond acceptors (Lipinski definition) is 4. The van der Waals surface area contributed by atoms with Gasteiger partial charge in [0.2, 0.25) is 0 Å². The van der Waals surface area contributed by atoms with E-state index in [1.807, 2.05) is 34.4 Å². The molecule has 0 spiro atoms. The Bertz CT molecular complexity index is 1090. The fraction of sp³-hybridized carbons (Fsp3) is 0.360. The molecule has 0 bridgehead atoms. The van der Waals surface area contributed by atoms with E-state index >= 15 is 0 Å². The van der Waals surface area contributed by atoms with Crippen LogP contribution in [0, 0.1) is 12.7 Å². The molecule has 2 aromatic carbocycles. The minimum absolute atomic E-state index is 0.0686. The molecule has 0 radical (unpaired) electrons. The Balaban J connectivity index is 0.00000158. The lowest BCUT2D eigenvalue weighted by molar-refractivity contribution is 0.414. The fourth-order valence-electron chi connectivity index (χ4n) is 2.85. The van der Waals surface area contributed by atoms with Gasteiger partial charge in [-0.05, 0) is 42.3 Å². The number of benzene rings is 2. The van der Waals surface area contributed by atoms with Crippen LogP contribution in [0.3, 0.4) is 0 Å². The molecule has 0 saturated heterocycles. The number of aromatic nitrogens is 2. The van der Waals surface area contributed by atoms with Crippen molar-refractivity contribution in [2.45, 2.75) is 41.2 Å². The van der Waals surface area contributed by atoms with Crippen molar-refractivity contribution in [2.75, 3.05) is 26.1 Å². The van der Waals surface area contributed by atoms with E-state index in [1.165, 1.54) is 22.8 Å². The third-order valence-corrected chi connectivity index (χ3v) is 4.29. The van der Waals surface area contributed by atoms with E-state index in [2.05, 4.69) is 14.6 Å². The van der Waals surface area contributed by atoms with Crippen molar-refractivity contribution in [1.29, 1.82) is 0 Å². The first kappa shape index (κ1) is 30.1. The van der Waals surface area contributed by atoms with Crippen LogP contribution in [0.2, 0.25) is 0 Å². The monoisotopic (exact) mass is 477 g/mol. The normalized spacial score (nSPS) is 9.27. The molecule has 1 atom stereocenters. The van der Waals surface area contributed by atoms with Crippen molar-refractivity contribution < 1.29 is 9.13 Å². The van der Waals surface area contributed by atoms with E-state index in [4.69, 9.17) is 4.74 Å². The number of ether oxygens (including phenoxy) is 1. The number of nitrogens with one attached hydrogen (secondary N) is 1. The second-order valence-corrected chi connectivity index (χ2v) is 6.12. The summed E-state index contributed by atoms with van der Waals surface area (Å²) in [6.45, 7) is 11.7.